The standard InChI is InChI=1S/C8H8F3N5OS/c1-5(8(9,10)11)18-7-15-14-6(17-7)2-16-4-12-3-13-16/h3-5H,2H2,1H3/t5-/m0/s1. The summed E-state index contributed by atoms with van der Waals surface area (Å²) in [5, 5.41) is 9.26. The first-order chi connectivity index (χ1) is 8.45. The summed E-state index contributed by atoms with van der Waals surface area (Å²) in [5.74, 6) is 0.178. The van der Waals surface area contributed by atoms with Crippen molar-refractivity contribution in [3.8, 4) is 0 Å². The molecule has 2 rings (SSSR count). The van der Waals surface area contributed by atoms with Crippen LogP contribution in [0.1, 0.15) is 12.8 Å². The Morgan fingerprint density at radius 3 is 2.83 bits per heavy atom. The molecule has 18 heavy (non-hydrogen) atoms. The predicted octanol–water partition coefficient (Wildman–Crippen LogP) is 1.75. The number of hydrogen-bond acceptors (Lipinski definition) is 6. The van der Waals surface area contributed by atoms with Crippen LogP contribution in [0.4, 0.5) is 13.2 Å². The van der Waals surface area contributed by atoms with Gasteiger partial charge in [0.05, 0.1) is 0 Å². The first-order valence-electron chi connectivity index (χ1n) is 4.83. The molecule has 1 atom stereocenters. The highest BCUT2D eigenvalue weighted by molar-refractivity contribution is 7.99. The molecule has 0 aliphatic heterocycles. The average molecular weight is 279 g/mol. The van der Waals surface area contributed by atoms with Crippen molar-refractivity contribution in [3.63, 3.8) is 0 Å². The highest BCUT2D eigenvalue weighted by Gasteiger charge is 2.37. The van der Waals surface area contributed by atoms with Crippen molar-refractivity contribution < 1.29 is 17.6 Å². The van der Waals surface area contributed by atoms with Crippen LogP contribution < -0.4 is 0 Å². The van der Waals surface area contributed by atoms with Crippen molar-refractivity contribution in [1.82, 2.24) is 25.0 Å². The SMILES string of the molecule is C[C@H](Sc1nnc(Cn2cncn2)o1)C(F)(F)F. The molecular weight excluding hydrogens is 271 g/mol. The van der Waals surface area contributed by atoms with Gasteiger partial charge in [0, 0.05) is 0 Å². The molecule has 0 aliphatic carbocycles. The third-order valence-corrected chi connectivity index (χ3v) is 2.94. The Labute approximate surface area is 104 Å². The first kappa shape index (κ1) is 12.9. The summed E-state index contributed by atoms with van der Waals surface area (Å²) in [5.41, 5.74) is 0. The van der Waals surface area contributed by atoms with Crippen molar-refractivity contribution >= 4 is 11.8 Å². The zero-order valence-corrected chi connectivity index (χ0v) is 9.94. The van der Waals surface area contributed by atoms with E-state index in [0.29, 0.717) is 11.8 Å². The number of hydrogen-bond donors (Lipinski definition) is 0. The predicted molar refractivity (Wildman–Crippen MR) is 54.8 cm³/mol. The minimum Gasteiger partial charge on any atom is -0.414 e. The van der Waals surface area contributed by atoms with Gasteiger partial charge in [0.2, 0.25) is 5.89 Å². The molecule has 2 heterocycles. The van der Waals surface area contributed by atoms with Crippen LogP contribution >= 0.6 is 11.8 Å². The van der Waals surface area contributed by atoms with Crippen LogP contribution in [-0.2, 0) is 6.54 Å². The van der Waals surface area contributed by atoms with E-state index in [0.717, 1.165) is 6.92 Å². The van der Waals surface area contributed by atoms with Gasteiger partial charge < -0.3 is 4.42 Å². The molecule has 0 aromatic carbocycles. The van der Waals surface area contributed by atoms with Gasteiger partial charge >= 0.3 is 6.18 Å². The molecule has 0 saturated heterocycles. The third kappa shape index (κ3) is 3.22. The van der Waals surface area contributed by atoms with Crippen molar-refractivity contribution in [2.24, 2.45) is 0 Å². The van der Waals surface area contributed by atoms with Crippen molar-refractivity contribution in [1.29, 1.82) is 0 Å². The van der Waals surface area contributed by atoms with Crippen molar-refractivity contribution in [2.75, 3.05) is 0 Å². The highest BCUT2D eigenvalue weighted by Crippen LogP contribution is 2.33. The number of rotatable bonds is 4. The van der Waals surface area contributed by atoms with Gasteiger partial charge in [-0.1, -0.05) is 11.8 Å². The Kier molecular flexibility index (Phi) is 3.55. The molecule has 2 aromatic heterocycles. The first-order valence-corrected chi connectivity index (χ1v) is 5.71. The van der Waals surface area contributed by atoms with Gasteiger partial charge in [0.1, 0.15) is 24.4 Å². The number of alkyl halides is 3. The molecule has 0 unspecified atom stereocenters. The molecule has 10 heteroatoms. The lowest BCUT2D eigenvalue weighted by Gasteiger charge is -2.11. The Hall–Kier alpha value is -1.58. The second-order valence-electron chi connectivity index (χ2n) is 3.36. The molecule has 0 N–H and O–H groups in total. The van der Waals surface area contributed by atoms with Gasteiger partial charge in [0.15, 0.2) is 0 Å². The molecule has 0 saturated carbocycles. The molecule has 0 aliphatic rings. The second-order valence-corrected chi connectivity index (χ2v) is 4.65. The lowest BCUT2D eigenvalue weighted by Crippen LogP contribution is -2.21. The Balaban J connectivity index is 1.98. The second kappa shape index (κ2) is 4.96. The fourth-order valence-corrected chi connectivity index (χ4v) is 1.69. The van der Waals surface area contributed by atoms with E-state index in [1.165, 1.54) is 17.3 Å². The minimum atomic E-state index is -4.30. The van der Waals surface area contributed by atoms with E-state index in [4.69, 9.17) is 4.42 Å². The smallest absolute Gasteiger partial charge is 0.400 e. The molecular formula is C8H8F3N5OS. The van der Waals surface area contributed by atoms with Crippen LogP contribution in [0.15, 0.2) is 22.3 Å². The van der Waals surface area contributed by atoms with Crippen LogP contribution in [0, 0.1) is 0 Å². The molecule has 0 radical (unpaired) electrons. The number of halogens is 3. The summed E-state index contributed by atoms with van der Waals surface area (Å²) in [4.78, 5) is 3.71. The van der Waals surface area contributed by atoms with E-state index in [2.05, 4.69) is 20.3 Å². The summed E-state index contributed by atoms with van der Waals surface area (Å²) < 4.78 is 43.4. The van der Waals surface area contributed by atoms with Crippen LogP contribution in [0.25, 0.3) is 0 Å². The summed E-state index contributed by atoms with van der Waals surface area (Å²) in [6.07, 6.45) is -1.53. The van der Waals surface area contributed by atoms with E-state index < -0.39 is 11.4 Å². The average Bonchev–Trinajstić information content (AvgIpc) is 2.89. The fraction of sp³-hybridized carbons (Fsp3) is 0.500. The number of thioether (sulfide) groups is 1. The summed E-state index contributed by atoms with van der Waals surface area (Å²) in [6.45, 7) is 1.21. The lowest BCUT2D eigenvalue weighted by atomic mass is 10.5. The largest absolute Gasteiger partial charge is 0.414 e. The zero-order valence-electron chi connectivity index (χ0n) is 9.13. The van der Waals surface area contributed by atoms with E-state index in [1.54, 1.807) is 0 Å². The van der Waals surface area contributed by atoms with Crippen LogP contribution in [0.5, 0.6) is 0 Å². The third-order valence-electron chi connectivity index (χ3n) is 1.95. The zero-order chi connectivity index (χ0) is 13.2. The molecule has 0 bridgehead atoms. The molecule has 0 fully saturated rings. The molecule has 2 aromatic rings. The van der Waals surface area contributed by atoms with Crippen LogP contribution in [0.2, 0.25) is 0 Å². The molecule has 6 nitrogen and oxygen atoms in total. The molecule has 98 valence electrons. The van der Waals surface area contributed by atoms with E-state index in [-0.39, 0.29) is 17.7 Å². The highest BCUT2D eigenvalue weighted by atomic mass is 32.2. The van der Waals surface area contributed by atoms with Crippen molar-refractivity contribution in [3.05, 3.63) is 18.5 Å². The lowest BCUT2D eigenvalue weighted by molar-refractivity contribution is -0.125. The monoisotopic (exact) mass is 279 g/mol. The van der Waals surface area contributed by atoms with Gasteiger partial charge in [-0.05, 0) is 6.92 Å². The molecule has 0 spiro atoms. The van der Waals surface area contributed by atoms with E-state index in [1.807, 2.05) is 0 Å². The quantitative estimate of drug-likeness (QED) is 0.794. The van der Waals surface area contributed by atoms with Gasteiger partial charge in [-0.25, -0.2) is 9.67 Å². The van der Waals surface area contributed by atoms with Crippen LogP contribution in [0.3, 0.4) is 0 Å². The van der Waals surface area contributed by atoms with Gasteiger partial charge in [-0.15, -0.1) is 10.2 Å². The molecule has 0 amide bonds. The maximum absolute atomic E-state index is 12.3. The van der Waals surface area contributed by atoms with Gasteiger partial charge in [-0.2, -0.15) is 18.3 Å². The Morgan fingerprint density at radius 1 is 1.44 bits per heavy atom. The van der Waals surface area contributed by atoms with Crippen LogP contribution in [-0.4, -0.2) is 36.4 Å². The summed E-state index contributed by atoms with van der Waals surface area (Å²) >= 11 is 0.473. The number of nitrogens with zero attached hydrogens (tertiary/aromatic N) is 5. The maximum atomic E-state index is 12.3. The van der Waals surface area contributed by atoms with Gasteiger partial charge in [-0.3, -0.25) is 0 Å². The Morgan fingerprint density at radius 2 is 2.22 bits per heavy atom. The topological polar surface area (TPSA) is 69.6 Å². The summed E-state index contributed by atoms with van der Waals surface area (Å²) in [6, 6.07) is 0. The number of aromatic nitrogens is 5. The van der Waals surface area contributed by atoms with Crippen molar-refractivity contribution in [2.45, 2.75) is 30.1 Å². The Bertz CT molecular complexity index is 497. The minimum absolute atomic E-state index is 0.116. The van der Waals surface area contributed by atoms with Gasteiger partial charge in [0.25, 0.3) is 5.22 Å². The van der Waals surface area contributed by atoms with E-state index in [9.17, 15) is 13.2 Å². The van der Waals surface area contributed by atoms with E-state index >= 15 is 0 Å². The normalized spacial score (nSPS) is 13.8. The fourth-order valence-electron chi connectivity index (χ4n) is 1.02. The maximum Gasteiger partial charge on any atom is 0.400 e. The summed E-state index contributed by atoms with van der Waals surface area (Å²) in [7, 11) is 0.